The number of hydrogen-bond donors (Lipinski definition) is 0. The zero-order valence-corrected chi connectivity index (χ0v) is 37.2. The van der Waals surface area contributed by atoms with Crippen LogP contribution in [0.4, 0.5) is 0 Å². The second-order valence-electron chi connectivity index (χ2n) is 17.9. The molecule has 4 aromatic carbocycles. The van der Waals surface area contributed by atoms with Crippen LogP contribution >= 0.6 is 24.8 Å². The summed E-state index contributed by atoms with van der Waals surface area (Å²) in [6.07, 6.45) is 6.32. The van der Waals surface area contributed by atoms with Crippen LogP contribution in [-0.4, -0.2) is 6.88 Å². The van der Waals surface area contributed by atoms with E-state index in [-0.39, 0.29) is 35.6 Å². The topological polar surface area (TPSA) is 0 Å². The predicted octanol–water partition coefficient (Wildman–Crippen LogP) is 13.4. The van der Waals surface area contributed by atoms with E-state index in [0.29, 0.717) is 13.2 Å². The molecule has 2 aliphatic rings. The summed E-state index contributed by atoms with van der Waals surface area (Å²) in [6.45, 7) is 23.5. The van der Waals surface area contributed by atoms with Crippen molar-refractivity contribution in [1.29, 1.82) is 0 Å². The van der Waals surface area contributed by atoms with E-state index in [9.17, 15) is 0 Å². The summed E-state index contributed by atoms with van der Waals surface area (Å²) in [5.41, 5.74) is 17.9. The standard InChI is InChI=1S/C22H25.C21H23.2CH3.2ClH.H2Si.Zr/c1-15(2)18-13-17-7-6-8-20(21(17)14-18)16-9-11-19(12-10-16)22(3,4)5;1-5-15-13-17-7-6-8-19(20(17)14-15)16-9-11-18(12-10-16)21(2,3)4;;;;;;/h6-15H,1-5H3;6-14H,5H2,1-4H3;2*1H3;2*1H;1H2;. The maximum Gasteiger partial charge on any atom is -0.147 e. The van der Waals surface area contributed by atoms with Crippen molar-refractivity contribution in [2.75, 3.05) is 0 Å². The van der Waals surface area contributed by atoms with E-state index >= 15 is 0 Å². The minimum atomic E-state index is -3.70. The number of benzene rings is 4. The number of rotatable bonds is 6. The molecule has 0 nitrogen and oxygen atoms in total. The van der Waals surface area contributed by atoms with Crippen LogP contribution in [0.3, 0.4) is 0 Å². The molecule has 0 spiro atoms. The van der Waals surface area contributed by atoms with E-state index in [1.165, 1.54) is 44.5 Å². The maximum absolute atomic E-state index is 3.70. The van der Waals surface area contributed by atoms with Crippen molar-refractivity contribution >= 4 is 43.8 Å². The van der Waals surface area contributed by atoms with Gasteiger partial charge in [0.2, 0.25) is 0 Å². The second kappa shape index (κ2) is 13.9. The first kappa shape index (κ1) is 39.8. The fourth-order valence-corrected chi connectivity index (χ4v) is 28.9. The van der Waals surface area contributed by atoms with E-state index in [2.05, 4.69) is 176 Å². The molecule has 0 bridgehead atoms. The molecule has 4 heteroatoms. The zero-order chi connectivity index (χ0) is 34.1. The minimum absolute atomic E-state index is 0. The Morgan fingerprint density at radius 1 is 0.612 bits per heavy atom. The first-order valence-electron chi connectivity index (χ1n) is 17.9. The predicted molar refractivity (Wildman–Crippen MR) is 222 cm³/mol. The molecule has 0 saturated heterocycles. The Kier molecular flexibility index (Phi) is 11.3. The van der Waals surface area contributed by atoms with Gasteiger partial charge in [-0.2, -0.15) is 0 Å². The number of halogens is 2. The van der Waals surface area contributed by atoms with Crippen molar-refractivity contribution in [3.63, 3.8) is 0 Å². The van der Waals surface area contributed by atoms with Gasteiger partial charge in [-0.1, -0.05) is 0 Å². The van der Waals surface area contributed by atoms with Crippen LogP contribution in [0.15, 0.2) is 96.1 Å². The summed E-state index contributed by atoms with van der Waals surface area (Å²) < 4.78 is 6.61. The van der Waals surface area contributed by atoms with Crippen molar-refractivity contribution in [1.82, 2.24) is 0 Å². The summed E-state index contributed by atoms with van der Waals surface area (Å²) in [5.74, 6) is 0.503. The van der Waals surface area contributed by atoms with Crippen LogP contribution in [0.2, 0.25) is 9.26 Å². The third kappa shape index (κ3) is 7.11. The van der Waals surface area contributed by atoms with Gasteiger partial charge in [0.05, 0.1) is 0 Å². The fourth-order valence-electron chi connectivity index (χ4n) is 8.84. The molecule has 0 aliphatic heterocycles. The third-order valence-electron chi connectivity index (χ3n) is 11.3. The average Bonchev–Trinajstić information content (AvgIpc) is 3.61. The van der Waals surface area contributed by atoms with Gasteiger partial charge in [-0.15, -0.1) is 24.8 Å². The summed E-state index contributed by atoms with van der Waals surface area (Å²) in [7, 11) is 0. The van der Waals surface area contributed by atoms with Gasteiger partial charge < -0.3 is 0 Å². The molecule has 2 unspecified atom stereocenters. The fraction of sp³-hybridized carbons (Fsp3) is 0.378. The van der Waals surface area contributed by atoms with Gasteiger partial charge in [0.25, 0.3) is 0 Å². The molecule has 0 heterocycles. The molecular weight excluding hydrogens is 731 g/mol. The zero-order valence-electron chi connectivity index (χ0n) is 31.7. The van der Waals surface area contributed by atoms with Crippen LogP contribution < -0.4 is 0 Å². The molecule has 0 fully saturated rings. The molecule has 0 amide bonds. The van der Waals surface area contributed by atoms with Crippen LogP contribution in [0, 0.1) is 5.92 Å². The molecule has 6 rings (SSSR count). The first-order valence-corrected chi connectivity index (χ1v) is 31.6. The Balaban J connectivity index is 0.00000270. The molecule has 2 atom stereocenters. The largest absolute Gasteiger partial charge is 0.147 e. The van der Waals surface area contributed by atoms with Crippen LogP contribution in [0.5, 0.6) is 0 Å². The molecular formula is C45H58Cl2SiZr. The molecule has 0 radical (unpaired) electrons. The van der Waals surface area contributed by atoms with Gasteiger partial charge in [-0.3, -0.25) is 0 Å². The molecule has 4 aromatic rings. The average molecular weight is 789 g/mol. The van der Waals surface area contributed by atoms with Crippen molar-refractivity contribution in [3.05, 3.63) is 129 Å². The molecule has 260 valence electrons. The Labute approximate surface area is 312 Å². The molecule has 0 saturated carbocycles. The molecule has 49 heavy (non-hydrogen) atoms. The number of fused-ring (bicyclic) bond motifs is 2. The summed E-state index contributed by atoms with van der Waals surface area (Å²) >= 11 is -3.70. The normalized spacial score (nSPS) is 17.5. The summed E-state index contributed by atoms with van der Waals surface area (Å²) in [6, 6.07) is 33.1. The third-order valence-corrected chi connectivity index (χ3v) is 28.8. The van der Waals surface area contributed by atoms with Gasteiger partial charge in [0, 0.05) is 0 Å². The number of allylic oxidation sites excluding steroid dienone is 2. The van der Waals surface area contributed by atoms with E-state index in [4.69, 9.17) is 0 Å². The molecule has 0 N–H and O–H groups in total. The van der Waals surface area contributed by atoms with Gasteiger partial charge in [0.1, 0.15) is 0 Å². The Hall–Kier alpha value is -1.96. The second-order valence-corrected chi connectivity index (χ2v) is 48.4. The smallest absolute Gasteiger partial charge is 0.147 e. The molecule has 0 aromatic heterocycles. The van der Waals surface area contributed by atoms with Crippen molar-refractivity contribution in [3.8, 4) is 22.3 Å². The van der Waals surface area contributed by atoms with Crippen molar-refractivity contribution in [2.45, 2.75) is 96.1 Å². The van der Waals surface area contributed by atoms with Gasteiger partial charge in [0.15, 0.2) is 0 Å². The van der Waals surface area contributed by atoms with Gasteiger partial charge in [-0.05, 0) is 0 Å². The van der Waals surface area contributed by atoms with E-state index in [0.717, 1.165) is 6.42 Å². The number of hydrogen-bond acceptors (Lipinski definition) is 0. The monoisotopic (exact) mass is 786 g/mol. The van der Waals surface area contributed by atoms with Gasteiger partial charge in [-0.25, -0.2) is 0 Å². The van der Waals surface area contributed by atoms with Crippen LogP contribution in [0.1, 0.15) is 109 Å². The Morgan fingerprint density at radius 2 is 1.02 bits per heavy atom. The SMILES string of the molecule is CCC1=Cc2c(-c3ccc(C(C)(C)C)cc3)cccc2[CH]1[Zr]([CH3])([CH3])(=[SiH2])[CH]1C(C(C)C)=Cc2c(-c3ccc(C(C)(C)C)cc3)cccc21.Cl.Cl. The van der Waals surface area contributed by atoms with Gasteiger partial charge >= 0.3 is 290 Å². The summed E-state index contributed by atoms with van der Waals surface area (Å²) in [5, 5.41) is 0. The van der Waals surface area contributed by atoms with Crippen molar-refractivity contribution < 1.29 is 17.4 Å². The maximum atomic E-state index is 2.79. The van der Waals surface area contributed by atoms with Crippen LogP contribution in [0.25, 0.3) is 34.4 Å². The first-order chi connectivity index (χ1) is 21.9. The quantitative estimate of drug-likeness (QED) is 0.171. The minimum Gasteiger partial charge on any atom is -0.147 e. The van der Waals surface area contributed by atoms with E-state index in [1.807, 2.05) is 0 Å². The van der Waals surface area contributed by atoms with Crippen LogP contribution in [-0.2, 0) is 28.2 Å². The Bertz CT molecular complexity index is 1970. The van der Waals surface area contributed by atoms with E-state index < -0.39 is 17.4 Å². The molecule has 2 aliphatic carbocycles. The van der Waals surface area contributed by atoms with E-state index in [1.54, 1.807) is 22.3 Å². The Morgan fingerprint density at radius 3 is 1.41 bits per heavy atom. The summed E-state index contributed by atoms with van der Waals surface area (Å²) in [4.78, 5) is 0. The van der Waals surface area contributed by atoms with Crippen molar-refractivity contribution in [2.24, 2.45) is 5.92 Å².